The Morgan fingerprint density at radius 1 is 1.40 bits per heavy atom. The van der Waals surface area contributed by atoms with E-state index in [1.54, 1.807) is 0 Å². The lowest BCUT2D eigenvalue weighted by Crippen LogP contribution is -2.05. The maximum absolute atomic E-state index is 13.0. The highest BCUT2D eigenvalue weighted by Gasteiger charge is 2.21. The number of hydrogen-bond acceptors (Lipinski definition) is 3. The van der Waals surface area contributed by atoms with Crippen LogP contribution in [0.1, 0.15) is 11.7 Å². The number of nitro groups is 1. The Morgan fingerprint density at radius 3 is 2.47 bits per heavy atom. The third-order valence-electron chi connectivity index (χ3n) is 1.77. The Balaban J connectivity index is 3.25. The summed E-state index contributed by atoms with van der Waals surface area (Å²) in [6.45, 7) is -1.30. The van der Waals surface area contributed by atoms with Gasteiger partial charge in [0.1, 0.15) is 18.6 Å². The van der Waals surface area contributed by atoms with Crippen molar-refractivity contribution in [2.45, 2.75) is 6.10 Å². The van der Waals surface area contributed by atoms with Crippen molar-refractivity contribution in [2.75, 3.05) is 6.67 Å². The highest BCUT2D eigenvalue weighted by molar-refractivity contribution is 5.37. The summed E-state index contributed by atoms with van der Waals surface area (Å²) in [5.41, 5.74) is -1.69. The summed E-state index contributed by atoms with van der Waals surface area (Å²) in [4.78, 5) is 9.08. The van der Waals surface area contributed by atoms with E-state index >= 15 is 0 Å². The van der Waals surface area contributed by atoms with E-state index in [2.05, 4.69) is 0 Å². The fourth-order valence-electron chi connectivity index (χ4n) is 1.03. The molecule has 4 nitrogen and oxygen atoms in total. The number of aliphatic hydroxyl groups is 1. The third-order valence-corrected chi connectivity index (χ3v) is 1.77. The molecule has 0 amide bonds. The molecule has 15 heavy (non-hydrogen) atoms. The molecule has 1 atom stereocenters. The number of rotatable bonds is 3. The van der Waals surface area contributed by atoms with Gasteiger partial charge in [-0.05, 0) is 6.07 Å². The second-order valence-corrected chi connectivity index (χ2v) is 2.75. The van der Waals surface area contributed by atoms with E-state index in [9.17, 15) is 23.3 Å². The van der Waals surface area contributed by atoms with Gasteiger partial charge in [-0.15, -0.1) is 0 Å². The van der Waals surface area contributed by atoms with Crippen LogP contribution in [-0.4, -0.2) is 16.7 Å². The van der Waals surface area contributed by atoms with Gasteiger partial charge in [0.15, 0.2) is 0 Å². The summed E-state index contributed by atoms with van der Waals surface area (Å²) < 4.78 is 37.9. The molecular weight excluding hydrogens is 215 g/mol. The Labute approximate surface area is 82.1 Å². The fraction of sp³-hybridized carbons (Fsp3) is 0.250. The minimum atomic E-state index is -1.82. The van der Waals surface area contributed by atoms with Crippen LogP contribution in [0, 0.1) is 21.7 Å². The first-order valence-corrected chi connectivity index (χ1v) is 3.84. The van der Waals surface area contributed by atoms with Gasteiger partial charge in [0.2, 0.25) is 5.82 Å². The third kappa shape index (κ3) is 2.24. The van der Waals surface area contributed by atoms with Crippen LogP contribution >= 0.6 is 0 Å². The Morgan fingerprint density at radius 2 is 2.00 bits per heavy atom. The summed E-state index contributed by atoms with van der Waals surface area (Å²) in [6, 6.07) is 0.723. The molecule has 0 fully saturated rings. The zero-order valence-electron chi connectivity index (χ0n) is 7.28. The molecule has 82 valence electrons. The number of benzene rings is 1. The molecule has 0 spiro atoms. The summed E-state index contributed by atoms with van der Waals surface area (Å²) in [7, 11) is 0. The van der Waals surface area contributed by atoms with Gasteiger partial charge in [-0.1, -0.05) is 0 Å². The van der Waals surface area contributed by atoms with Crippen LogP contribution in [0.2, 0.25) is 0 Å². The van der Waals surface area contributed by atoms with Gasteiger partial charge in [0.25, 0.3) is 0 Å². The first-order valence-electron chi connectivity index (χ1n) is 3.84. The van der Waals surface area contributed by atoms with Gasteiger partial charge in [0, 0.05) is 5.56 Å². The summed E-state index contributed by atoms with van der Waals surface area (Å²) in [5.74, 6) is -2.53. The quantitative estimate of drug-likeness (QED) is 0.626. The Kier molecular flexibility index (Phi) is 3.25. The number of halogens is 3. The predicted molar refractivity (Wildman–Crippen MR) is 43.9 cm³/mol. The highest BCUT2D eigenvalue weighted by atomic mass is 19.1. The zero-order chi connectivity index (χ0) is 11.6. The molecule has 0 radical (unpaired) electrons. The molecule has 0 aliphatic heterocycles. The van der Waals surface area contributed by atoms with Crippen molar-refractivity contribution >= 4 is 5.69 Å². The fourth-order valence-corrected chi connectivity index (χ4v) is 1.03. The zero-order valence-corrected chi connectivity index (χ0v) is 7.28. The number of aliphatic hydroxyl groups excluding tert-OH is 1. The van der Waals surface area contributed by atoms with E-state index in [4.69, 9.17) is 5.11 Å². The van der Waals surface area contributed by atoms with Gasteiger partial charge in [-0.2, -0.15) is 4.39 Å². The Bertz CT molecular complexity index is 397. The minimum Gasteiger partial charge on any atom is -0.386 e. The second-order valence-electron chi connectivity index (χ2n) is 2.75. The van der Waals surface area contributed by atoms with Crippen LogP contribution in [0.25, 0.3) is 0 Å². The van der Waals surface area contributed by atoms with Crippen LogP contribution in [0.15, 0.2) is 12.1 Å². The van der Waals surface area contributed by atoms with Crippen molar-refractivity contribution in [2.24, 2.45) is 0 Å². The molecule has 7 heteroatoms. The average molecular weight is 221 g/mol. The van der Waals surface area contributed by atoms with E-state index < -0.39 is 40.6 Å². The number of nitrogens with zero attached hydrogens (tertiary/aromatic N) is 1. The molecular formula is C8H6F3NO3. The predicted octanol–water partition coefficient (Wildman–Crippen LogP) is 1.88. The lowest BCUT2D eigenvalue weighted by molar-refractivity contribution is -0.387. The molecule has 0 saturated carbocycles. The summed E-state index contributed by atoms with van der Waals surface area (Å²) >= 11 is 0. The smallest absolute Gasteiger partial charge is 0.307 e. The van der Waals surface area contributed by atoms with E-state index in [0.717, 1.165) is 0 Å². The standard InChI is InChI=1S/C8H6F3NO3/c9-3-8(13)4-1-6(11)7(12(14)15)2-5(4)10/h1-2,8,13H,3H2. The lowest BCUT2D eigenvalue weighted by Gasteiger charge is -2.07. The largest absolute Gasteiger partial charge is 0.386 e. The molecule has 0 bridgehead atoms. The first-order chi connectivity index (χ1) is 6.97. The summed E-state index contributed by atoms with van der Waals surface area (Å²) in [6.07, 6.45) is -1.82. The van der Waals surface area contributed by atoms with Crippen LogP contribution in [0.4, 0.5) is 18.9 Å². The average Bonchev–Trinajstić information content (AvgIpc) is 2.19. The van der Waals surface area contributed by atoms with Crippen molar-refractivity contribution in [3.05, 3.63) is 39.4 Å². The molecule has 1 aromatic rings. The SMILES string of the molecule is O=[N+]([O-])c1cc(F)c(C(O)CF)cc1F. The summed E-state index contributed by atoms with van der Waals surface area (Å²) in [5, 5.41) is 19.1. The van der Waals surface area contributed by atoms with Crippen LogP contribution in [0.5, 0.6) is 0 Å². The molecule has 0 aromatic heterocycles. The van der Waals surface area contributed by atoms with Crippen molar-refractivity contribution in [1.82, 2.24) is 0 Å². The van der Waals surface area contributed by atoms with Crippen molar-refractivity contribution in [1.29, 1.82) is 0 Å². The molecule has 0 saturated heterocycles. The van der Waals surface area contributed by atoms with Crippen molar-refractivity contribution in [3.63, 3.8) is 0 Å². The van der Waals surface area contributed by atoms with Crippen molar-refractivity contribution in [3.8, 4) is 0 Å². The molecule has 1 rings (SSSR count). The molecule has 1 unspecified atom stereocenters. The Hall–Kier alpha value is -1.63. The van der Waals surface area contributed by atoms with E-state index in [-0.39, 0.29) is 0 Å². The lowest BCUT2D eigenvalue weighted by atomic mass is 10.1. The van der Waals surface area contributed by atoms with Crippen LogP contribution < -0.4 is 0 Å². The molecule has 0 heterocycles. The van der Waals surface area contributed by atoms with E-state index in [1.165, 1.54) is 0 Å². The maximum Gasteiger partial charge on any atom is 0.307 e. The highest BCUT2D eigenvalue weighted by Crippen LogP contribution is 2.25. The van der Waals surface area contributed by atoms with Crippen LogP contribution in [0.3, 0.4) is 0 Å². The van der Waals surface area contributed by atoms with Gasteiger partial charge >= 0.3 is 5.69 Å². The number of nitro benzene ring substituents is 1. The van der Waals surface area contributed by atoms with Gasteiger partial charge < -0.3 is 5.11 Å². The number of hydrogen-bond donors (Lipinski definition) is 1. The van der Waals surface area contributed by atoms with Gasteiger partial charge in [-0.25, -0.2) is 8.78 Å². The number of alkyl halides is 1. The molecule has 0 aliphatic rings. The molecule has 1 aromatic carbocycles. The van der Waals surface area contributed by atoms with Gasteiger partial charge in [-0.3, -0.25) is 10.1 Å². The molecule has 0 aliphatic carbocycles. The van der Waals surface area contributed by atoms with E-state index in [0.29, 0.717) is 12.1 Å². The monoisotopic (exact) mass is 221 g/mol. The maximum atomic E-state index is 13.0. The second kappa shape index (κ2) is 4.26. The van der Waals surface area contributed by atoms with Crippen LogP contribution in [-0.2, 0) is 0 Å². The molecule has 1 N–H and O–H groups in total. The van der Waals surface area contributed by atoms with E-state index in [1.807, 2.05) is 0 Å². The van der Waals surface area contributed by atoms with Crippen molar-refractivity contribution < 1.29 is 23.2 Å². The normalized spacial score (nSPS) is 12.5. The topological polar surface area (TPSA) is 63.4 Å². The minimum absolute atomic E-state index is 0.309. The van der Waals surface area contributed by atoms with Gasteiger partial charge in [0.05, 0.1) is 11.0 Å². The first kappa shape index (κ1) is 11.4.